The number of hydrogen-bond acceptors (Lipinski definition) is 3. The summed E-state index contributed by atoms with van der Waals surface area (Å²) in [5.74, 6) is -0.609. The van der Waals surface area contributed by atoms with Crippen LogP contribution in [0.15, 0.2) is 24.3 Å². The Hall–Kier alpha value is -2.04. The number of likely N-dealkylation sites (tertiary alicyclic amines) is 1. The molecule has 1 heterocycles. The van der Waals surface area contributed by atoms with Gasteiger partial charge in [0.05, 0.1) is 12.3 Å². The molecule has 1 saturated heterocycles. The molecule has 4 nitrogen and oxygen atoms in total. The van der Waals surface area contributed by atoms with Crippen LogP contribution in [0.5, 0.6) is 0 Å². The SMILES string of the molecule is O=C1CCCCC1C(=O)C1CCN(C(=O)Cc2ccc(F)cc2)CC1. The number of ketones is 2. The van der Waals surface area contributed by atoms with Crippen molar-refractivity contribution in [3.05, 3.63) is 35.6 Å². The fraction of sp³-hybridized carbons (Fsp3) is 0.550. The lowest BCUT2D eigenvalue weighted by Gasteiger charge is -2.33. The van der Waals surface area contributed by atoms with Gasteiger partial charge in [0.1, 0.15) is 17.4 Å². The highest BCUT2D eigenvalue weighted by Gasteiger charge is 2.35. The monoisotopic (exact) mass is 345 g/mol. The predicted molar refractivity (Wildman–Crippen MR) is 91.4 cm³/mol. The maximum atomic E-state index is 12.9. The van der Waals surface area contributed by atoms with Crippen molar-refractivity contribution in [1.82, 2.24) is 4.90 Å². The van der Waals surface area contributed by atoms with Crippen LogP contribution < -0.4 is 0 Å². The third-order valence-electron chi connectivity index (χ3n) is 5.42. The van der Waals surface area contributed by atoms with Crippen molar-refractivity contribution in [1.29, 1.82) is 0 Å². The van der Waals surface area contributed by atoms with Crippen LogP contribution in [0.1, 0.15) is 44.1 Å². The summed E-state index contributed by atoms with van der Waals surface area (Å²) in [5.41, 5.74) is 0.789. The summed E-state index contributed by atoms with van der Waals surface area (Å²) in [5, 5.41) is 0. The van der Waals surface area contributed by atoms with Crippen molar-refractivity contribution < 1.29 is 18.8 Å². The Morgan fingerprint density at radius 3 is 2.36 bits per heavy atom. The summed E-state index contributed by atoms with van der Waals surface area (Å²) in [4.78, 5) is 38.7. The standard InChI is InChI=1S/C20H24FNO3/c21-16-7-5-14(6-8-16)13-19(24)22-11-9-15(10-12-22)20(25)17-3-1-2-4-18(17)23/h5-8,15,17H,1-4,9-13H2. The Kier molecular flexibility index (Phi) is 5.61. The van der Waals surface area contributed by atoms with E-state index in [1.807, 2.05) is 0 Å². The number of carbonyl (C=O) groups excluding carboxylic acids is 3. The molecule has 1 aliphatic heterocycles. The molecule has 1 aromatic carbocycles. The van der Waals surface area contributed by atoms with Crippen LogP contribution in [0, 0.1) is 17.7 Å². The van der Waals surface area contributed by atoms with Gasteiger partial charge in [-0.05, 0) is 43.4 Å². The molecule has 1 saturated carbocycles. The Bertz CT molecular complexity index is 647. The van der Waals surface area contributed by atoms with Gasteiger partial charge < -0.3 is 4.90 Å². The average molecular weight is 345 g/mol. The maximum absolute atomic E-state index is 12.9. The van der Waals surface area contributed by atoms with Crippen LogP contribution in [0.3, 0.4) is 0 Å². The first-order valence-corrected chi connectivity index (χ1v) is 9.13. The molecule has 3 rings (SSSR count). The van der Waals surface area contributed by atoms with Crippen molar-refractivity contribution >= 4 is 17.5 Å². The van der Waals surface area contributed by atoms with E-state index in [0.29, 0.717) is 38.8 Å². The molecule has 1 amide bonds. The van der Waals surface area contributed by atoms with E-state index < -0.39 is 5.92 Å². The van der Waals surface area contributed by atoms with E-state index in [2.05, 4.69) is 0 Å². The summed E-state index contributed by atoms with van der Waals surface area (Å²) < 4.78 is 12.9. The van der Waals surface area contributed by atoms with Gasteiger partial charge in [-0.2, -0.15) is 0 Å². The normalized spacial score (nSPS) is 22.0. The number of rotatable bonds is 4. The third-order valence-corrected chi connectivity index (χ3v) is 5.42. The fourth-order valence-corrected chi connectivity index (χ4v) is 3.87. The molecule has 134 valence electrons. The quantitative estimate of drug-likeness (QED) is 0.789. The first-order chi connectivity index (χ1) is 12.0. The number of halogens is 1. The zero-order chi connectivity index (χ0) is 17.8. The topological polar surface area (TPSA) is 54.5 Å². The van der Waals surface area contributed by atoms with Crippen molar-refractivity contribution in [2.75, 3.05) is 13.1 Å². The summed E-state index contributed by atoms with van der Waals surface area (Å²) in [6.07, 6.45) is 4.61. The van der Waals surface area contributed by atoms with Gasteiger partial charge in [-0.1, -0.05) is 18.6 Å². The number of nitrogens with zero attached hydrogens (tertiary/aromatic N) is 1. The van der Waals surface area contributed by atoms with E-state index in [-0.39, 0.29) is 35.6 Å². The Labute approximate surface area is 147 Å². The summed E-state index contributed by atoms with van der Waals surface area (Å²) in [6, 6.07) is 5.96. The van der Waals surface area contributed by atoms with Crippen LogP contribution in [0.25, 0.3) is 0 Å². The average Bonchev–Trinajstić information content (AvgIpc) is 2.63. The molecular formula is C20H24FNO3. The van der Waals surface area contributed by atoms with Gasteiger partial charge in [-0.25, -0.2) is 4.39 Å². The smallest absolute Gasteiger partial charge is 0.226 e. The van der Waals surface area contributed by atoms with Crippen molar-refractivity contribution in [3.63, 3.8) is 0 Å². The second-order valence-electron chi connectivity index (χ2n) is 7.13. The Morgan fingerprint density at radius 2 is 1.72 bits per heavy atom. The number of hydrogen-bond donors (Lipinski definition) is 0. The molecule has 1 unspecified atom stereocenters. The summed E-state index contributed by atoms with van der Waals surface area (Å²) >= 11 is 0. The molecule has 2 aliphatic rings. The number of piperidine rings is 1. The first kappa shape index (κ1) is 17.8. The second kappa shape index (κ2) is 7.89. The lowest BCUT2D eigenvalue weighted by atomic mass is 9.78. The summed E-state index contributed by atoms with van der Waals surface area (Å²) in [6.45, 7) is 1.11. The Balaban J connectivity index is 1.51. The molecule has 1 aromatic rings. The highest BCUT2D eigenvalue weighted by Crippen LogP contribution is 2.28. The molecule has 0 radical (unpaired) electrons. The van der Waals surface area contributed by atoms with Crippen molar-refractivity contribution in [3.8, 4) is 0 Å². The molecule has 2 fully saturated rings. The van der Waals surface area contributed by atoms with Crippen LogP contribution in [-0.2, 0) is 20.8 Å². The molecule has 0 bridgehead atoms. The number of amides is 1. The van der Waals surface area contributed by atoms with E-state index in [1.54, 1.807) is 17.0 Å². The highest BCUT2D eigenvalue weighted by atomic mass is 19.1. The van der Waals surface area contributed by atoms with Gasteiger partial charge >= 0.3 is 0 Å². The number of Topliss-reactive ketones (excluding diaryl/α,β-unsaturated/α-hetero) is 2. The van der Waals surface area contributed by atoms with E-state index in [4.69, 9.17) is 0 Å². The van der Waals surface area contributed by atoms with Gasteiger partial charge in [0.2, 0.25) is 5.91 Å². The molecule has 25 heavy (non-hydrogen) atoms. The largest absolute Gasteiger partial charge is 0.342 e. The van der Waals surface area contributed by atoms with Gasteiger partial charge in [-0.15, -0.1) is 0 Å². The molecule has 0 spiro atoms. The first-order valence-electron chi connectivity index (χ1n) is 9.13. The molecule has 1 aliphatic carbocycles. The molecule has 1 atom stereocenters. The van der Waals surface area contributed by atoms with Gasteiger partial charge in [0.25, 0.3) is 0 Å². The van der Waals surface area contributed by atoms with Crippen LogP contribution in [-0.4, -0.2) is 35.5 Å². The van der Waals surface area contributed by atoms with Crippen LogP contribution in [0.2, 0.25) is 0 Å². The summed E-state index contributed by atoms with van der Waals surface area (Å²) in [7, 11) is 0. The fourth-order valence-electron chi connectivity index (χ4n) is 3.87. The third kappa shape index (κ3) is 4.33. The van der Waals surface area contributed by atoms with Gasteiger partial charge in [-0.3, -0.25) is 14.4 Å². The second-order valence-corrected chi connectivity index (χ2v) is 7.13. The van der Waals surface area contributed by atoms with E-state index in [9.17, 15) is 18.8 Å². The minimum absolute atomic E-state index is 0.00579. The molecule has 5 heteroatoms. The van der Waals surface area contributed by atoms with Crippen LogP contribution >= 0.6 is 0 Å². The molecule has 0 aromatic heterocycles. The van der Waals surface area contributed by atoms with E-state index >= 15 is 0 Å². The maximum Gasteiger partial charge on any atom is 0.226 e. The molecule has 0 N–H and O–H groups in total. The van der Waals surface area contributed by atoms with Crippen molar-refractivity contribution in [2.45, 2.75) is 44.9 Å². The predicted octanol–water partition coefficient (Wildman–Crippen LogP) is 2.94. The highest BCUT2D eigenvalue weighted by molar-refractivity contribution is 6.03. The van der Waals surface area contributed by atoms with Crippen molar-refractivity contribution in [2.24, 2.45) is 11.8 Å². The van der Waals surface area contributed by atoms with Gasteiger partial charge in [0.15, 0.2) is 0 Å². The minimum atomic E-state index is -0.403. The van der Waals surface area contributed by atoms with E-state index in [0.717, 1.165) is 18.4 Å². The lowest BCUT2D eigenvalue weighted by molar-refractivity contribution is -0.140. The Morgan fingerprint density at radius 1 is 1.04 bits per heavy atom. The zero-order valence-electron chi connectivity index (χ0n) is 14.4. The van der Waals surface area contributed by atoms with Gasteiger partial charge in [0, 0.05) is 25.4 Å². The minimum Gasteiger partial charge on any atom is -0.342 e. The van der Waals surface area contributed by atoms with Crippen LogP contribution in [0.4, 0.5) is 4.39 Å². The zero-order valence-corrected chi connectivity index (χ0v) is 14.4. The number of carbonyl (C=O) groups is 3. The number of benzene rings is 1. The van der Waals surface area contributed by atoms with E-state index in [1.165, 1.54) is 12.1 Å². The molecular weight excluding hydrogens is 321 g/mol. The lowest BCUT2D eigenvalue weighted by Crippen LogP contribution is -2.43.